The van der Waals surface area contributed by atoms with Gasteiger partial charge in [-0.2, -0.15) is 0 Å². The molecule has 1 amide bonds. The first-order valence-corrected chi connectivity index (χ1v) is 5.45. The Kier molecular flexibility index (Phi) is 3.12. The number of nitrogens with one attached hydrogen (secondary N) is 1. The molecule has 0 radical (unpaired) electrons. The molecule has 1 fully saturated rings. The molecule has 1 saturated carbocycles. The van der Waals surface area contributed by atoms with Crippen LogP contribution in [0.15, 0.2) is 18.2 Å². The van der Waals surface area contributed by atoms with Crippen molar-refractivity contribution in [3.05, 3.63) is 29.0 Å². The minimum atomic E-state index is -0.485. The molecule has 1 aliphatic carbocycles. The first-order chi connectivity index (χ1) is 7.56. The van der Waals surface area contributed by atoms with E-state index < -0.39 is 5.82 Å². The van der Waals surface area contributed by atoms with Crippen LogP contribution < -0.4 is 11.1 Å². The van der Waals surface area contributed by atoms with E-state index >= 15 is 0 Å². The topological polar surface area (TPSA) is 55.1 Å². The van der Waals surface area contributed by atoms with Crippen molar-refractivity contribution in [3.8, 4) is 0 Å². The lowest BCUT2D eigenvalue weighted by Crippen LogP contribution is -2.42. The molecular weight excluding hydrogens is 231 g/mol. The van der Waals surface area contributed by atoms with Gasteiger partial charge in [-0.05, 0) is 31.0 Å². The van der Waals surface area contributed by atoms with Crippen LogP contribution >= 0.6 is 11.6 Å². The Morgan fingerprint density at radius 1 is 1.50 bits per heavy atom. The Bertz CT molecular complexity index is 418. The van der Waals surface area contributed by atoms with Crippen LogP contribution in [0.25, 0.3) is 0 Å². The van der Waals surface area contributed by atoms with E-state index in [0.717, 1.165) is 0 Å². The van der Waals surface area contributed by atoms with E-state index in [4.69, 9.17) is 17.3 Å². The van der Waals surface area contributed by atoms with Gasteiger partial charge in [0.05, 0.1) is 5.69 Å². The third kappa shape index (κ3) is 2.33. The third-order valence-corrected chi connectivity index (χ3v) is 2.97. The quantitative estimate of drug-likeness (QED) is 0.835. The van der Waals surface area contributed by atoms with Crippen molar-refractivity contribution in [3.63, 3.8) is 0 Å². The fraction of sp³-hybridized carbons (Fsp3) is 0.364. The summed E-state index contributed by atoms with van der Waals surface area (Å²) in [5.41, 5.74) is 5.70. The summed E-state index contributed by atoms with van der Waals surface area (Å²) < 4.78 is 13.3. The highest BCUT2D eigenvalue weighted by Gasteiger charge is 2.32. The molecule has 3 N–H and O–H groups in total. The highest BCUT2D eigenvalue weighted by atomic mass is 35.5. The molecule has 0 saturated heterocycles. The fourth-order valence-corrected chi connectivity index (χ4v) is 1.88. The summed E-state index contributed by atoms with van der Waals surface area (Å²) in [6.07, 6.45) is 1.32. The average Bonchev–Trinajstić information content (AvgIpc) is 2.19. The van der Waals surface area contributed by atoms with Crippen molar-refractivity contribution in [2.24, 2.45) is 11.7 Å². The number of nitrogens with two attached hydrogens (primary N) is 1. The zero-order chi connectivity index (χ0) is 11.7. The van der Waals surface area contributed by atoms with E-state index in [9.17, 15) is 9.18 Å². The normalized spacial score (nSPS) is 23.7. The molecule has 0 unspecified atom stereocenters. The van der Waals surface area contributed by atoms with Gasteiger partial charge >= 0.3 is 0 Å². The fourth-order valence-electron chi connectivity index (χ4n) is 1.70. The van der Waals surface area contributed by atoms with Crippen LogP contribution in [0, 0.1) is 11.7 Å². The van der Waals surface area contributed by atoms with Crippen LogP contribution in [0.1, 0.15) is 12.8 Å². The molecule has 1 aromatic rings. The van der Waals surface area contributed by atoms with Gasteiger partial charge in [0.15, 0.2) is 0 Å². The summed E-state index contributed by atoms with van der Waals surface area (Å²) in [7, 11) is 0. The molecule has 1 aliphatic rings. The number of carbonyl (C=O) groups excluding carboxylic acids is 1. The summed E-state index contributed by atoms with van der Waals surface area (Å²) in [5.74, 6) is -0.780. The number of amides is 1. The number of carbonyl (C=O) groups is 1. The number of rotatable bonds is 2. The van der Waals surface area contributed by atoms with Gasteiger partial charge < -0.3 is 11.1 Å². The van der Waals surface area contributed by atoms with Crippen LogP contribution in [-0.2, 0) is 4.79 Å². The van der Waals surface area contributed by atoms with E-state index in [1.807, 2.05) is 0 Å². The molecule has 0 aromatic heterocycles. The molecule has 16 heavy (non-hydrogen) atoms. The van der Waals surface area contributed by atoms with Gasteiger partial charge in [0.2, 0.25) is 5.91 Å². The molecule has 0 atom stereocenters. The Hall–Kier alpha value is -1.13. The lowest BCUT2D eigenvalue weighted by atomic mass is 9.80. The van der Waals surface area contributed by atoms with Gasteiger partial charge in [-0.15, -0.1) is 0 Å². The lowest BCUT2D eigenvalue weighted by Gasteiger charge is -2.31. The SMILES string of the molecule is NC1CC(C(=O)Nc2cc(Cl)ccc2F)C1. The first kappa shape index (κ1) is 11.4. The van der Waals surface area contributed by atoms with Crippen molar-refractivity contribution >= 4 is 23.2 Å². The third-order valence-electron chi connectivity index (χ3n) is 2.73. The van der Waals surface area contributed by atoms with Crippen molar-refractivity contribution in [1.82, 2.24) is 0 Å². The van der Waals surface area contributed by atoms with Crippen LogP contribution in [0.4, 0.5) is 10.1 Å². The van der Waals surface area contributed by atoms with Crippen molar-refractivity contribution in [2.75, 3.05) is 5.32 Å². The second-order valence-electron chi connectivity index (χ2n) is 4.04. The molecule has 86 valence electrons. The van der Waals surface area contributed by atoms with Crippen molar-refractivity contribution in [2.45, 2.75) is 18.9 Å². The lowest BCUT2D eigenvalue weighted by molar-refractivity contribution is -0.122. The van der Waals surface area contributed by atoms with Crippen LogP contribution in [0.3, 0.4) is 0 Å². The molecule has 2 rings (SSSR count). The van der Waals surface area contributed by atoms with E-state index in [1.54, 1.807) is 0 Å². The van der Waals surface area contributed by atoms with Gasteiger partial charge in [0.25, 0.3) is 0 Å². The van der Waals surface area contributed by atoms with Crippen molar-refractivity contribution < 1.29 is 9.18 Å². The largest absolute Gasteiger partial charge is 0.328 e. The number of hydrogen-bond acceptors (Lipinski definition) is 2. The first-order valence-electron chi connectivity index (χ1n) is 5.08. The number of benzene rings is 1. The molecular formula is C11H12ClFN2O. The highest BCUT2D eigenvalue weighted by Crippen LogP contribution is 2.28. The number of hydrogen-bond donors (Lipinski definition) is 2. The maximum absolute atomic E-state index is 13.3. The summed E-state index contributed by atoms with van der Waals surface area (Å²) in [4.78, 5) is 11.6. The minimum absolute atomic E-state index is 0.0972. The molecule has 1 aromatic carbocycles. The van der Waals surface area contributed by atoms with Gasteiger partial charge in [-0.25, -0.2) is 4.39 Å². The zero-order valence-corrected chi connectivity index (χ0v) is 9.30. The van der Waals surface area contributed by atoms with Crippen LogP contribution in [-0.4, -0.2) is 11.9 Å². The number of halogens is 2. The molecule has 0 aliphatic heterocycles. The second kappa shape index (κ2) is 4.39. The van der Waals surface area contributed by atoms with Crippen LogP contribution in [0.5, 0.6) is 0 Å². The van der Waals surface area contributed by atoms with E-state index in [2.05, 4.69) is 5.32 Å². The predicted molar refractivity (Wildman–Crippen MR) is 60.7 cm³/mol. The van der Waals surface area contributed by atoms with Gasteiger partial charge in [-0.3, -0.25) is 4.79 Å². The monoisotopic (exact) mass is 242 g/mol. The van der Waals surface area contributed by atoms with E-state index in [-0.39, 0.29) is 23.6 Å². The van der Waals surface area contributed by atoms with Gasteiger partial charge in [0.1, 0.15) is 5.82 Å². The summed E-state index contributed by atoms with van der Waals surface area (Å²) in [5, 5.41) is 2.91. The summed E-state index contributed by atoms with van der Waals surface area (Å²) in [6, 6.07) is 4.16. The molecule has 0 bridgehead atoms. The Labute approximate surface area is 97.8 Å². The van der Waals surface area contributed by atoms with Gasteiger partial charge in [-0.1, -0.05) is 11.6 Å². The summed E-state index contributed by atoms with van der Waals surface area (Å²) >= 11 is 5.71. The van der Waals surface area contributed by atoms with Crippen molar-refractivity contribution in [1.29, 1.82) is 0 Å². The second-order valence-corrected chi connectivity index (χ2v) is 4.48. The van der Waals surface area contributed by atoms with Gasteiger partial charge in [0, 0.05) is 17.0 Å². The zero-order valence-electron chi connectivity index (χ0n) is 8.54. The molecule has 0 spiro atoms. The minimum Gasteiger partial charge on any atom is -0.328 e. The van der Waals surface area contributed by atoms with Crippen LogP contribution in [0.2, 0.25) is 5.02 Å². The maximum atomic E-state index is 13.3. The maximum Gasteiger partial charge on any atom is 0.227 e. The Balaban J connectivity index is 2.03. The van der Waals surface area contributed by atoms with E-state index in [1.165, 1.54) is 18.2 Å². The standard InChI is InChI=1S/C11H12ClFN2O/c12-7-1-2-9(13)10(5-7)15-11(16)6-3-8(14)4-6/h1-2,5-6,8H,3-4,14H2,(H,15,16). The molecule has 0 heterocycles. The molecule has 3 nitrogen and oxygen atoms in total. The summed E-state index contributed by atoms with van der Waals surface area (Å²) in [6.45, 7) is 0. The number of anilines is 1. The molecule has 5 heteroatoms. The highest BCUT2D eigenvalue weighted by molar-refractivity contribution is 6.30. The smallest absolute Gasteiger partial charge is 0.227 e. The Morgan fingerprint density at radius 3 is 2.81 bits per heavy atom. The Morgan fingerprint density at radius 2 is 2.19 bits per heavy atom. The predicted octanol–water partition coefficient (Wildman–Crippen LogP) is 2.15. The van der Waals surface area contributed by atoms with E-state index in [0.29, 0.717) is 17.9 Å². The average molecular weight is 243 g/mol.